The number of hydrogen-bond acceptors (Lipinski definition) is 4. The van der Waals surface area contributed by atoms with E-state index in [1.807, 2.05) is 50.2 Å². The van der Waals surface area contributed by atoms with Gasteiger partial charge >= 0.3 is 5.97 Å². The number of nitrogens with one attached hydrogen (secondary N) is 1. The van der Waals surface area contributed by atoms with E-state index in [1.54, 1.807) is 6.07 Å². The van der Waals surface area contributed by atoms with Crippen molar-refractivity contribution < 1.29 is 19.7 Å². The average Bonchev–Trinajstić information content (AvgIpc) is 3.27. The van der Waals surface area contributed by atoms with E-state index >= 15 is 0 Å². The lowest BCUT2D eigenvalue weighted by atomic mass is 9.88. The SMILES string of the molecule is Cc1cc(-c2ccccc2C(C)OC[C@H](O)CNC(C)(C)CC2Cc3ccccc3C2)ccc1C(=O)O. The molecule has 3 aromatic carbocycles. The van der Waals surface area contributed by atoms with Gasteiger partial charge in [0.05, 0.1) is 24.4 Å². The molecule has 196 valence electrons. The van der Waals surface area contributed by atoms with Crippen molar-refractivity contribution in [2.24, 2.45) is 5.92 Å². The molecule has 3 aromatic rings. The number of β-amino-alcohol motifs (C(OH)–C–C–N with tert-alkyl or cyclic N) is 1. The maximum absolute atomic E-state index is 11.4. The van der Waals surface area contributed by atoms with Crippen LogP contribution < -0.4 is 5.32 Å². The number of ether oxygens (including phenoxy) is 1. The number of rotatable bonds is 11. The fourth-order valence-corrected chi connectivity index (χ4v) is 5.57. The van der Waals surface area contributed by atoms with E-state index in [1.165, 1.54) is 11.1 Å². The maximum Gasteiger partial charge on any atom is 0.335 e. The number of aliphatic hydroxyl groups excluding tert-OH is 1. The van der Waals surface area contributed by atoms with Crippen LogP contribution in [0.4, 0.5) is 0 Å². The van der Waals surface area contributed by atoms with Crippen LogP contribution in [0.1, 0.15) is 65.9 Å². The number of benzene rings is 3. The highest BCUT2D eigenvalue weighted by Gasteiger charge is 2.28. The van der Waals surface area contributed by atoms with Crippen LogP contribution in [0.3, 0.4) is 0 Å². The quantitative estimate of drug-likeness (QED) is 0.302. The standard InChI is InChI=1S/C32H39NO4/c1-21-15-26(13-14-28(21)31(35)36)30-12-8-7-11-29(30)22(2)37-20-27(34)19-33-32(3,4)18-23-16-24-9-5-6-10-25(24)17-23/h5-15,22-23,27,33-34H,16-20H2,1-4H3,(H,35,36)/t22?,27-/m1/s1. The van der Waals surface area contributed by atoms with Gasteiger partial charge in [-0.05, 0) is 92.3 Å². The summed E-state index contributed by atoms with van der Waals surface area (Å²) in [4.78, 5) is 11.4. The first-order valence-corrected chi connectivity index (χ1v) is 13.2. The zero-order valence-electron chi connectivity index (χ0n) is 22.3. The highest BCUT2D eigenvalue weighted by molar-refractivity contribution is 5.90. The summed E-state index contributed by atoms with van der Waals surface area (Å²) < 4.78 is 6.10. The molecule has 0 aliphatic heterocycles. The summed E-state index contributed by atoms with van der Waals surface area (Å²) in [7, 11) is 0. The Labute approximate surface area is 220 Å². The number of aryl methyl sites for hydroxylation is 1. The Morgan fingerprint density at radius 3 is 2.35 bits per heavy atom. The molecule has 0 saturated carbocycles. The lowest BCUT2D eigenvalue weighted by Crippen LogP contribution is -2.45. The smallest absolute Gasteiger partial charge is 0.335 e. The van der Waals surface area contributed by atoms with E-state index < -0.39 is 12.1 Å². The Morgan fingerprint density at radius 1 is 1.05 bits per heavy atom. The molecule has 0 radical (unpaired) electrons. The highest BCUT2D eigenvalue weighted by Crippen LogP contribution is 2.33. The van der Waals surface area contributed by atoms with Crippen molar-refractivity contribution in [3.05, 3.63) is 94.5 Å². The summed E-state index contributed by atoms with van der Waals surface area (Å²) in [5.74, 6) is -0.300. The third kappa shape index (κ3) is 6.86. The number of aromatic carboxylic acids is 1. The molecule has 0 heterocycles. The van der Waals surface area contributed by atoms with Gasteiger partial charge in [-0.2, -0.15) is 0 Å². The number of carboxylic acid groups (broad SMARTS) is 1. The first kappa shape index (κ1) is 27.1. The van der Waals surface area contributed by atoms with E-state index in [2.05, 4.69) is 43.4 Å². The second kappa shape index (κ2) is 11.6. The Morgan fingerprint density at radius 2 is 1.70 bits per heavy atom. The molecule has 3 N–H and O–H groups in total. The first-order valence-electron chi connectivity index (χ1n) is 13.2. The zero-order chi connectivity index (χ0) is 26.6. The molecule has 0 amide bonds. The van der Waals surface area contributed by atoms with Crippen molar-refractivity contribution in [3.8, 4) is 11.1 Å². The zero-order valence-corrected chi connectivity index (χ0v) is 22.3. The van der Waals surface area contributed by atoms with Crippen LogP contribution in [-0.2, 0) is 17.6 Å². The number of aliphatic hydroxyl groups is 1. The molecule has 37 heavy (non-hydrogen) atoms. The van der Waals surface area contributed by atoms with Crippen LogP contribution in [-0.4, -0.2) is 41.0 Å². The lowest BCUT2D eigenvalue weighted by Gasteiger charge is -2.31. The predicted molar refractivity (Wildman–Crippen MR) is 148 cm³/mol. The van der Waals surface area contributed by atoms with Crippen LogP contribution in [0.15, 0.2) is 66.7 Å². The number of fused-ring (bicyclic) bond motifs is 1. The van der Waals surface area contributed by atoms with E-state index in [-0.39, 0.29) is 18.2 Å². The molecule has 0 saturated heterocycles. The second-order valence-electron chi connectivity index (χ2n) is 11.1. The summed E-state index contributed by atoms with van der Waals surface area (Å²) in [6, 6.07) is 22.1. The van der Waals surface area contributed by atoms with Crippen LogP contribution in [0.25, 0.3) is 11.1 Å². The minimum absolute atomic E-state index is 0.0775. The molecular formula is C32H39NO4. The second-order valence-corrected chi connectivity index (χ2v) is 11.1. The monoisotopic (exact) mass is 501 g/mol. The maximum atomic E-state index is 11.4. The van der Waals surface area contributed by atoms with Crippen molar-refractivity contribution in [2.75, 3.05) is 13.2 Å². The van der Waals surface area contributed by atoms with E-state index in [9.17, 15) is 15.0 Å². The fourth-order valence-electron chi connectivity index (χ4n) is 5.57. The Kier molecular flexibility index (Phi) is 8.48. The molecule has 1 aliphatic rings. The number of carboxylic acids is 1. The summed E-state index contributed by atoms with van der Waals surface area (Å²) in [6.07, 6.45) is 2.46. The van der Waals surface area contributed by atoms with Gasteiger partial charge in [-0.25, -0.2) is 4.79 Å². The minimum atomic E-state index is -0.923. The fraction of sp³-hybridized carbons (Fsp3) is 0.406. The van der Waals surface area contributed by atoms with Crippen molar-refractivity contribution >= 4 is 5.97 Å². The van der Waals surface area contributed by atoms with Gasteiger partial charge in [0.1, 0.15) is 0 Å². The van der Waals surface area contributed by atoms with Gasteiger partial charge in [0.2, 0.25) is 0 Å². The van der Waals surface area contributed by atoms with Crippen molar-refractivity contribution in [1.29, 1.82) is 0 Å². The van der Waals surface area contributed by atoms with Gasteiger partial charge in [-0.1, -0.05) is 60.7 Å². The highest BCUT2D eigenvalue weighted by atomic mass is 16.5. The molecular weight excluding hydrogens is 462 g/mol. The molecule has 0 spiro atoms. The summed E-state index contributed by atoms with van der Waals surface area (Å²) in [6.45, 7) is 8.91. The van der Waals surface area contributed by atoms with Gasteiger partial charge in [-0.3, -0.25) is 0 Å². The molecule has 1 unspecified atom stereocenters. The largest absolute Gasteiger partial charge is 0.478 e. The first-order chi connectivity index (χ1) is 17.6. The van der Waals surface area contributed by atoms with Crippen molar-refractivity contribution in [1.82, 2.24) is 5.32 Å². The van der Waals surface area contributed by atoms with Gasteiger partial charge in [0, 0.05) is 12.1 Å². The van der Waals surface area contributed by atoms with Crippen LogP contribution in [0.5, 0.6) is 0 Å². The Balaban J connectivity index is 1.30. The Hall–Kier alpha value is -2.99. The van der Waals surface area contributed by atoms with Crippen molar-refractivity contribution in [3.63, 3.8) is 0 Å². The van der Waals surface area contributed by atoms with Crippen LogP contribution >= 0.6 is 0 Å². The van der Waals surface area contributed by atoms with E-state index in [4.69, 9.17) is 4.74 Å². The normalized spacial score (nSPS) is 15.4. The third-order valence-electron chi connectivity index (χ3n) is 7.46. The summed E-state index contributed by atoms with van der Waals surface area (Å²) in [5.41, 5.74) is 6.85. The molecule has 0 aromatic heterocycles. The van der Waals surface area contributed by atoms with E-state index in [0.29, 0.717) is 18.0 Å². The summed E-state index contributed by atoms with van der Waals surface area (Å²) in [5, 5.41) is 23.6. The van der Waals surface area contributed by atoms with E-state index in [0.717, 1.165) is 41.5 Å². The van der Waals surface area contributed by atoms with Crippen LogP contribution in [0, 0.1) is 12.8 Å². The van der Waals surface area contributed by atoms with Gasteiger partial charge in [0.25, 0.3) is 0 Å². The molecule has 0 fully saturated rings. The molecule has 1 aliphatic carbocycles. The van der Waals surface area contributed by atoms with Gasteiger partial charge in [0.15, 0.2) is 0 Å². The molecule has 5 heteroatoms. The van der Waals surface area contributed by atoms with Gasteiger partial charge in [-0.15, -0.1) is 0 Å². The number of carbonyl (C=O) groups is 1. The average molecular weight is 502 g/mol. The number of hydrogen-bond donors (Lipinski definition) is 3. The molecule has 4 rings (SSSR count). The molecule has 2 atom stereocenters. The lowest BCUT2D eigenvalue weighted by molar-refractivity contribution is -0.00440. The topological polar surface area (TPSA) is 78.8 Å². The Bertz CT molecular complexity index is 1210. The third-order valence-corrected chi connectivity index (χ3v) is 7.46. The van der Waals surface area contributed by atoms with Crippen molar-refractivity contribution in [2.45, 2.75) is 64.7 Å². The van der Waals surface area contributed by atoms with Crippen LogP contribution in [0.2, 0.25) is 0 Å². The predicted octanol–water partition coefficient (Wildman–Crippen LogP) is 5.97. The molecule has 0 bridgehead atoms. The minimum Gasteiger partial charge on any atom is -0.478 e. The van der Waals surface area contributed by atoms with Gasteiger partial charge < -0.3 is 20.3 Å². The summed E-state index contributed by atoms with van der Waals surface area (Å²) >= 11 is 0. The molecule has 5 nitrogen and oxygen atoms in total.